The summed E-state index contributed by atoms with van der Waals surface area (Å²) in [5.74, 6) is 0. The van der Waals surface area contributed by atoms with E-state index >= 15 is 0 Å². The largest absolute Gasteiger partial charge is 0.388 e. The Kier molecular flexibility index (Phi) is 4.12. The first kappa shape index (κ1) is 11.2. The lowest BCUT2D eigenvalue weighted by Crippen LogP contribution is -1.97. The topological polar surface area (TPSA) is 44.0 Å². The predicted octanol–water partition coefficient (Wildman–Crippen LogP) is 3.15. The van der Waals surface area contributed by atoms with Crippen molar-refractivity contribution in [2.24, 2.45) is 0 Å². The Balaban J connectivity index is 2.95. The standard InChI is InChI=1S/C11H12BrNO/c1-2-3-11(14)8-4-5-10(12)9(6-8)7-13/h4-6,11,14H,2-3H2,1H3. The molecule has 14 heavy (non-hydrogen) atoms. The third-order valence-electron chi connectivity index (χ3n) is 2.06. The maximum absolute atomic E-state index is 9.71. The number of hydrogen-bond acceptors (Lipinski definition) is 2. The fourth-order valence-electron chi connectivity index (χ4n) is 1.28. The van der Waals surface area contributed by atoms with Gasteiger partial charge in [-0.3, -0.25) is 0 Å². The normalized spacial score (nSPS) is 12.1. The van der Waals surface area contributed by atoms with Gasteiger partial charge >= 0.3 is 0 Å². The van der Waals surface area contributed by atoms with E-state index in [0.717, 1.165) is 22.9 Å². The Labute approximate surface area is 92.3 Å². The van der Waals surface area contributed by atoms with Crippen LogP contribution in [0, 0.1) is 11.3 Å². The molecule has 0 spiro atoms. The van der Waals surface area contributed by atoms with Crippen LogP contribution in [-0.2, 0) is 0 Å². The molecule has 0 saturated carbocycles. The SMILES string of the molecule is CCCC(O)c1ccc(Br)c(C#N)c1. The van der Waals surface area contributed by atoms with Crippen LogP contribution in [0.4, 0.5) is 0 Å². The molecule has 0 heterocycles. The summed E-state index contributed by atoms with van der Waals surface area (Å²) in [5.41, 5.74) is 1.38. The van der Waals surface area contributed by atoms with E-state index in [1.165, 1.54) is 0 Å². The van der Waals surface area contributed by atoms with E-state index in [1.807, 2.05) is 13.0 Å². The number of aliphatic hydroxyl groups is 1. The van der Waals surface area contributed by atoms with Crippen molar-refractivity contribution < 1.29 is 5.11 Å². The van der Waals surface area contributed by atoms with Gasteiger partial charge in [-0.05, 0) is 40.0 Å². The van der Waals surface area contributed by atoms with Gasteiger partial charge in [0.05, 0.1) is 11.7 Å². The van der Waals surface area contributed by atoms with Crippen molar-refractivity contribution in [1.82, 2.24) is 0 Å². The summed E-state index contributed by atoms with van der Waals surface area (Å²) in [6.07, 6.45) is 1.20. The van der Waals surface area contributed by atoms with Crippen molar-refractivity contribution in [1.29, 1.82) is 5.26 Å². The monoisotopic (exact) mass is 253 g/mol. The molecule has 0 radical (unpaired) electrons. The Morgan fingerprint density at radius 1 is 1.57 bits per heavy atom. The highest BCUT2D eigenvalue weighted by Crippen LogP contribution is 2.23. The lowest BCUT2D eigenvalue weighted by Gasteiger charge is -2.09. The van der Waals surface area contributed by atoms with E-state index in [4.69, 9.17) is 5.26 Å². The lowest BCUT2D eigenvalue weighted by molar-refractivity contribution is 0.166. The summed E-state index contributed by atoms with van der Waals surface area (Å²) in [7, 11) is 0. The van der Waals surface area contributed by atoms with Gasteiger partial charge in [-0.1, -0.05) is 19.4 Å². The number of nitriles is 1. The summed E-state index contributed by atoms with van der Waals surface area (Å²) in [5, 5.41) is 18.5. The molecule has 0 bridgehead atoms. The zero-order valence-corrected chi connectivity index (χ0v) is 9.58. The number of hydrogen-bond donors (Lipinski definition) is 1. The summed E-state index contributed by atoms with van der Waals surface area (Å²) in [4.78, 5) is 0. The van der Waals surface area contributed by atoms with Gasteiger partial charge in [-0.15, -0.1) is 0 Å². The first-order chi connectivity index (χ1) is 6.69. The first-order valence-electron chi connectivity index (χ1n) is 4.56. The molecular weight excluding hydrogens is 242 g/mol. The van der Waals surface area contributed by atoms with Gasteiger partial charge in [-0.25, -0.2) is 0 Å². The van der Waals surface area contributed by atoms with Crippen LogP contribution in [-0.4, -0.2) is 5.11 Å². The van der Waals surface area contributed by atoms with Gasteiger partial charge in [0.15, 0.2) is 0 Å². The fourth-order valence-corrected chi connectivity index (χ4v) is 1.61. The van der Waals surface area contributed by atoms with E-state index < -0.39 is 6.10 Å². The number of aliphatic hydroxyl groups excluding tert-OH is 1. The summed E-state index contributed by atoms with van der Waals surface area (Å²) in [6, 6.07) is 7.44. The summed E-state index contributed by atoms with van der Waals surface area (Å²) >= 11 is 3.27. The second-order valence-electron chi connectivity index (χ2n) is 3.16. The highest BCUT2D eigenvalue weighted by atomic mass is 79.9. The van der Waals surface area contributed by atoms with E-state index in [-0.39, 0.29) is 0 Å². The molecule has 0 saturated heterocycles. The molecule has 2 nitrogen and oxygen atoms in total. The number of nitrogens with zero attached hydrogens (tertiary/aromatic N) is 1. The van der Waals surface area contributed by atoms with Crippen molar-refractivity contribution in [2.45, 2.75) is 25.9 Å². The van der Waals surface area contributed by atoms with Gasteiger partial charge in [0.25, 0.3) is 0 Å². The molecule has 0 fully saturated rings. The Morgan fingerprint density at radius 3 is 2.86 bits per heavy atom. The zero-order chi connectivity index (χ0) is 10.6. The third-order valence-corrected chi connectivity index (χ3v) is 2.75. The molecule has 0 amide bonds. The third kappa shape index (κ3) is 2.57. The molecule has 1 aromatic carbocycles. The molecule has 1 N–H and O–H groups in total. The van der Waals surface area contributed by atoms with Crippen molar-refractivity contribution >= 4 is 15.9 Å². The van der Waals surface area contributed by atoms with Crippen molar-refractivity contribution in [2.75, 3.05) is 0 Å². The second kappa shape index (κ2) is 5.14. The maximum atomic E-state index is 9.71. The van der Waals surface area contributed by atoms with Gasteiger partial charge in [0.1, 0.15) is 6.07 Å². The van der Waals surface area contributed by atoms with Crippen molar-refractivity contribution in [3.63, 3.8) is 0 Å². The highest BCUT2D eigenvalue weighted by molar-refractivity contribution is 9.10. The molecule has 1 aromatic rings. The summed E-state index contributed by atoms with van der Waals surface area (Å²) in [6.45, 7) is 2.02. The molecule has 0 aliphatic rings. The molecule has 74 valence electrons. The Bertz CT molecular complexity index is 357. The van der Waals surface area contributed by atoms with Crippen LogP contribution in [0.25, 0.3) is 0 Å². The fraction of sp³-hybridized carbons (Fsp3) is 0.364. The van der Waals surface area contributed by atoms with Crippen LogP contribution < -0.4 is 0 Å². The van der Waals surface area contributed by atoms with Crippen LogP contribution in [0.3, 0.4) is 0 Å². The lowest BCUT2D eigenvalue weighted by atomic mass is 10.0. The Morgan fingerprint density at radius 2 is 2.29 bits per heavy atom. The number of benzene rings is 1. The molecule has 1 atom stereocenters. The van der Waals surface area contributed by atoms with E-state index in [9.17, 15) is 5.11 Å². The number of halogens is 1. The van der Waals surface area contributed by atoms with Crippen LogP contribution in [0.2, 0.25) is 0 Å². The van der Waals surface area contributed by atoms with Gasteiger partial charge in [-0.2, -0.15) is 5.26 Å². The van der Waals surface area contributed by atoms with Crippen LogP contribution >= 0.6 is 15.9 Å². The average molecular weight is 254 g/mol. The Hall–Kier alpha value is -0.850. The first-order valence-corrected chi connectivity index (χ1v) is 5.36. The van der Waals surface area contributed by atoms with Gasteiger partial charge in [0, 0.05) is 4.47 Å². The van der Waals surface area contributed by atoms with Crippen LogP contribution in [0.1, 0.15) is 37.0 Å². The van der Waals surface area contributed by atoms with Gasteiger partial charge in [0.2, 0.25) is 0 Å². The molecule has 0 aliphatic heterocycles. The smallest absolute Gasteiger partial charge is 0.100 e. The molecule has 0 aliphatic carbocycles. The highest BCUT2D eigenvalue weighted by Gasteiger charge is 2.08. The minimum atomic E-state index is -0.458. The molecule has 1 rings (SSSR count). The minimum absolute atomic E-state index is 0.458. The summed E-state index contributed by atoms with van der Waals surface area (Å²) < 4.78 is 0.771. The maximum Gasteiger partial charge on any atom is 0.100 e. The molecular formula is C11H12BrNO. The van der Waals surface area contributed by atoms with Crippen LogP contribution in [0.5, 0.6) is 0 Å². The quantitative estimate of drug-likeness (QED) is 0.900. The number of rotatable bonds is 3. The molecule has 1 unspecified atom stereocenters. The van der Waals surface area contributed by atoms with Crippen molar-refractivity contribution in [3.8, 4) is 6.07 Å². The predicted molar refractivity (Wildman–Crippen MR) is 58.7 cm³/mol. The van der Waals surface area contributed by atoms with Gasteiger partial charge < -0.3 is 5.11 Å². The van der Waals surface area contributed by atoms with Crippen molar-refractivity contribution in [3.05, 3.63) is 33.8 Å². The molecule has 0 aromatic heterocycles. The van der Waals surface area contributed by atoms with E-state index in [1.54, 1.807) is 12.1 Å². The average Bonchev–Trinajstić information content (AvgIpc) is 2.19. The van der Waals surface area contributed by atoms with E-state index in [0.29, 0.717) is 5.56 Å². The second-order valence-corrected chi connectivity index (χ2v) is 4.01. The zero-order valence-electron chi connectivity index (χ0n) is 8.00. The minimum Gasteiger partial charge on any atom is -0.388 e. The van der Waals surface area contributed by atoms with E-state index in [2.05, 4.69) is 22.0 Å². The van der Waals surface area contributed by atoms with Crippen LogP contribution in [0.15, 0.2) is 22.7 Å². The molecule has 3 heteroatoms.